The molecule has 1 aromatic heterocycles. The Morgan fingerprint density at radius 2 is 2.25 bits per heavy atom. The summed E-state index contributed by atoms with van der Waals surface area (Å²) in [4.78, 5) is 17.0. The van der Waals surface area contributed by atoms with Crippen LogP contribution in [0, 0.1) is 0 Å². The van der Waals surface area contributed by atoms with Crippen molar-refractivity contribution in [1.29, 1.82) is 0 Å². The van der Waals surface area contributed by atoms with E-state index >= 15 is 0 Å². The minimum absolute atomic E-state index is 0.0365. The van der Waals surface area contributed by atoms with Crippen molar-refractivity contribution < 1.29 is 13.2 Å². The monoisotopic (exact) mass is 298 g/mol. The molecule has 0 bridgehead atoms. The number of nitrogens with zero attached hydrogens (tertiary/aromatic N) is 2. The molecule has 2 rings (SSSR count). The first-order valence-corrected chi connectivity index (χ1v) is 7.82. The fraction of sp³-hybridized carbons (Fsp3) is 0.500. The van der Waals surface area contributed by atoms with E-state index in [0.29, 0.717) is 25.1 Å². The molecule has 1 atom stereocenters. The molecule has 1 aromatic rings. The number of hydrogen-bond acceptors (Lipinski definition) is 5. The van der Waals surface area contributed by atoms with Gasteiger partial charge in [-0.25, -0.2) is 13.1 Å². The van der Waals surface area contributed by atoms with E-state index in [4.69, 9.17) is 5.73 Å². The number of likely N-dealkylation sites (tertiary alicyclic amines) is 1. The first-order chi connectivity index (χ1) is 9.42. The van der Waals surface area contributed by atoms with Gasteiger partial charge in [0.2, 0.25) is 15.9 Å². The SMILES string of the molecule is CN1CC(NS(=O)(=O)c2ccc(CN)nc2)CCC1=O. The molecule has 1 unspecified atom stereocenters. The van der Waals surface area contributed by atoms with Crippen molar-refractivity contribution in [2.45, 2.75) is 30.3 Å². The summed E-state index contributed by atoms with van der Waals surface area (Å²) in [6.45, 7) is 0.648. The van der Waals surface area contributed by atoms with E-state index < -0.39 is 10.0 Å². The Balaban J connectivity index is 2.08. The second kappa shape index (κ2) is 5.86. The number of nitrogens with one attached hydrogen (secondary N) is 1. The molecular weight excluding hydrogens is 280 g/mol. The van der Waals surface area contributed by atoms with Crippen molar-refractivity contribution in [3.05, 3.63) is 24.0 Å². The van der Waals surface area contributed by atoms with Crippen molar-refractivity contribution in [2.24, 2.45) is 5.73 Å². The predicted molar refractivity (Wildman–Crippen MR) is 73.1 cm³/mol. The standard InChI is InChI=1S/C12H18N4O3S/c1-16-8-10(3-5-12(16)17)15-20(18,19)11-4-2-9(6-13)14-7-11/h2,4,7,10,15H,3,5-6,8,13H2,1H3. The van der Waals surface area contributed by atoms with Crippen molar-refractivity contribution in [2.75, 3.05) is 13.6 Å². The maximum atomic E-state index is 12.2. The zero-order chi connectivity index (χ0) is 14.8. The van der Waals surface area contributed by atoms with Gasteiger partial charge in [0.15, 0.2) is 0 Å². The van der Waals surface area contributed by atoms with Gasteiger partial charge in [0.05, 0.1) is 5.69 Å². The summed E-state index contributed by atoms with van der Waals surface area (Å²) in [6, 6.07) is 2.80. The van der Waals surface area contributed by atoms with Gasteiger partial charge in [-0.1, -0.05) is 0 Å². The Hall–Kier alpha value is -1.51. The highest BCUT2D eigenvalue weighted by Crippen LogP contribution is 2.14. The number of pyridine rings is 1. The molecule has 0 radical (unpaired) electrons. The molecule has 1 aliphatic rings. The molecule has 8 heteroatoms. The quantitative estimate of drug-likeness (QED) is 0.775. The van der Waals surface area contributed by atoms with E-state index in [9.17, 15) is 13.2 Å². The van der Waals surface area contributed by atoms with Gasteiger partial charge in [-0.3, -0.25) is 9.78 Å². The third kappa shape index (κ3) is 3.33. The summed E-state index contributed by atoms with van der Waals surface area (Å²) in [5, 5.41) is 0. The first-order valence-electron chi connectivity index (χ1n) is 6.33. The molecule has 1 saturated heterocycles. The van der Waals surface area contributed by atoms with Crippen molar-refractivity contribution >= 4 is 15.9 Å². The highest BCUT2D eigenvalue weighted by molar-refractivity contribution is 7.89. The highest BCUT2D eigenvalue weighted by atomic mass is 32.2. The molecule has 1 fully saturated rings. The van der Waals surface area contributed by atoms with Crippen molar-refractivity contribution in [3.8, 4) is 0 Å². The molecule has 0 spiro atoms. The lowest BCUT2D eigenvalue weighted by atomic mass is 10.1. The van der Waals surface area contributed by atoms with Crippen LogP contribution in [0.2, 0.25) is 0 Å². The van der Waals surface area contributed by atoms with Crippen LogP contribution in [0.1, 0.15) is 18.5 Å². The zero-order valence-electron chi connectivity index (χ0n) is 11.2. The topological polar surface area (TPSA) is 105 Å². The van der Waals surface area contributed by atoms with Crippen LogP contribution in [0.15, 0.2) is 23.2 Å². The summed E-state index contributed by atoms with van der Waals surface area (Å²) in [7, 11) is -1.95. The molecule has 0 aromatic carbocycles. The number of sulfonamides is 1. The van der Waals surface area contributed by atoms with Gasteiger partial charge in [-0.15, -0.1) is 0 Å². The van der Waals surface area contributed by atoms with Gasteiger partial charge in [-0.05, 0) is 18.6 Å². The number of piperidine rings is 1. The number of amides is 1. The van der Waals surface area contributed by atoms with Gasteiger partial charge >= 0.3 is 0 Å². The van der Waals surface area contributed by atoms with Crippen LogP contribution in [0.25, 0.3) is 0 Å². The molecule has 7 nitrogen and oxygen atoms in total. The fourth-order valence-corrected chi connectivity index (χ4v) is 3.29. The van der Waals surface area contributed by atoms with Crippen LogP contribution in [0.4, 0.5) is 0 Å². The lowest BCUT2D eigenvalue weighted by Gasteiger charge is -2.29. The highest BCUT2D eigenvalue weighted by Gasteiger charge is 2.27. The van der Waals surface area contributed by atoms with E-state index in [2.05, 4.69) is 9.71 Å². The maximum absolute atomic E-state index is 12.2. The van der Waals surface area contributed by atoms with Gasteiger partial charge in [0.1, 0.15) is 4.90 Å². The number of carbonyl (C=O) groups excluding carboxylic acids is 1. The van der Waals surface area contributed by atoms with E-state index in [1.165, 1.54) is 17.2 Å². The second-order valence-electron chi connectivity index (χ2n) is 4.82. The molecule has 20 heavy (non-hydrogen) atoms. The van der Waals surface area contributed by atoms with Crippen LogP contribution >= 0.6 is 0 Å². The lowest BCUT2D eigenvalue weighted by Crippen LogP contribution is -2.48. The Labute approximate surface area is 118 Å². The lowest BCUT2D eigenvalue weighted by molar-refractivity contribution is -0.132. The smallest absolute Gasteiger partial charge is 0.242 e. The molecule has 1 aliphatic heterocycles. The Morgan fingerprint density at radius 3 is 2.80 bits per heavy atom. The molecule has 3 N–H and O–H groups in total. The summed E-state index contributed by atoms with van der Waals surface area (Å²) < 4.78 is 27.0. The number of likely N-dealkylation sites (N-methyl/N-ethyl adjacent to an activating group) is 1. The minimum Gasteiger partial charge on any atom is -0.344 e. The molecule has 0 saturated carbocycles. The van der Waals surface area contributed by atoms with Crippen LogP contribution in [0.5, 0.6) is 0 Å². The summed E-state index contributed by atoms with van der Waals surface area (Å²) in [6.07, 6.45) is 2.16. The fourth-order valence-electron chi connectivity index (χ4n) is 2.09. The van der Waals surface area contributed by atoms with Gasteiger partial charge in [0.25, 0.3) is 0 Å². The van der Waals surface area contributed by atoms with Crippen LogP contribution < -0.4 is 10.5 Å². The molecular formula is C12H18N4O3S. The van der Waals surface area contributed by atoms with E-state index in [0.717, 1.165) is 0 Å². The van der Waals surface area contributed by atoms with Gasteiger partial charge < -0.3 is 10.6 Å². The van der Waals surface area contributed by atoms with Gasteiger partial charge in [-0.2, -0.15) is 0 Å². The summed E-state index contributed by atoms with van der Waals surface area (Å²) in [5.41, 5.74) is 6.05. The van der Waals surface area contributed by atoms with Crippen molar-refractivity contribution in [3.63, 3.8) is 0 Å². The number of rotatable bonds is 4. The third-order valence-electron chi connectivity index (χ3n) is 3.27. The van der Waals surface area contributed by atoms with Crippen LogP contribution in [-0.4, -0.2) is 43.8 Å². The normalized spacial score (nSPS) is 20.2. The van der Waals surface area contributed by atoms with E-state index in [-0.39, 0.29) is 23.4 Å². The summed E-state index contributed by atoms with van der Waals surface area (Å²) in [5.74, 6) is 0.0365. The predicted octanol–water partition coefficient (Wildman–Crippen LogP) is -0.561. The third-order valence-corrected chi connectivity index (χ3v) is 4.77. The van der Waals surface area contributed by atoms with Gasteiger partial charge in [0, 0.05) is 38.8 Å². The number of carbonyl (C=O) groups is 1. The molecule has 0 aliphatic carbocycles. The Bertz CT molecular complexity index is 585. The molecule has 110 valence electrons. The number of aromatic nitrogens is 1. The first kappa shape index (κ1) is 14.9. The summed E-state index contributed by atoms with van der Waals surface area (Å²) >= 11 is 0. The maximum Gasteiger partial charge on any atom is 0.242 e. The second-order valence-corrected chi connectivity index (χ2v) is 6.53. The van der Waals surface area contributed by atoms with Crippen LogP contribution in [-0.2, 0) is 21.4 Å². The van der Waals surface area contributed by atoms with Crippen molar-refractivity contribution in [1.82, 2.24) is 14.6 Å². The van der Waals surface area contributed by atoms with E-state index in [1.54, 1.807) is 13.1 Å². The Kier molecular flexibility index (Phi) is 4.36. The molecule has 1 amide bonds. The van der Waals surface area contributed by atoms with Crippen LogP contribution in [0.3, 0.4) is 0 Å². The molecule has 2 heterocycles. The average Bonchev–Trinajstić information content (AvgIpc) is 2.43. The minimum atomic E-state index is -3.62. The largest absolute Gasteiger partial charge is 0.344 e. The average molecular weight is 298 g/mol. The van der Waals surface area contributed by atoms with E-state index in [1.807, 2.05) is 0 Å². The Morgan fingerprint density at radius 1 is 1.50 bits per heavy atom. The number of nitrogens with two attached hydrogens (primary N) is 1. The zero-order valence-corrected chi connectivity index (χ0v) is 12.1. The number of hydrogen-bond donors (Lipinski definition) is 2.